The van der Waals surface area contributed by atoms with Gasteiger partial charge in [0.1, 0.15) is 23.2 Å². The molecule has 3 aromatic rings. The zero-order valence-corrected chi connectivity index (χ0v) is 22.2. The lowest BCUT2D eigenvalue weighted by Gasteiger charge is -2.41. The van der Waals surface area contributed by atoms with Gasteiger partial charge in [0.2, 0.25) is 0 Å². The van der Waals surface area contributed by atoms with Crippen molar-refractivity contribution in [1.82, 2.24) is 9.88 Å². The van der Waals surface area contributed by atoms with E-state index < -0.39 is 23.6 Å². The number of ether oxygens (including phenoxy) is 1. The summed E-state index contributed by atoms with van der Waals surface area (Å²) >= 11 is 1.04. The van der Waals surface area contributed by atoms with Gasteiger partial charge in [0.05, 0.1) is 23.6 Å². The Morgan fingerprint density at radius 2 is 1.87 bits per heavy atom. The molecule has 1 saturated heterocycles. The Kier molecular flexibility index (Phi) is 9.54. The lowest BCUT2D eigenvalue weighted by molar-refractivity contribution is 0.0253. The van der Waals surface area contributed by atoms with Gasteiger partial charge in [-0.1, -0.05) is 0 Å². The van der Waals surface area contributed by atoms with Crippen molar-refractivity contribution in [3.05, 3.63) is 65.1 Å². The monoisotopic (exact) mass is 549 g/mol. The number of likely N-dealkylation sites (tertiary alicyclic amines) is 1. The highest BCUT2D eigenvalue weighted by atomic mass is 32.2. The maximum absolute atomic E-state index is 13.9. The maximum Gasteiger partial charge on any atom is 0.142 e. The van der Waals surface area contributed by atoms with Crippen LogP contribution in [-0.4, -0.2) is 59.2 Å². The van der Waals surface area contributed by atoms with Crippen molar-refractivity contribution < 1.29 is 28.1 Å². The number of fused-ring (bicyclic) bond motifs is 1. The van der Waals surface area contributed by atoms with E-state index in [0.717, 1.165) is 59.7 Å². The van der Waals surface area contributed by atoms with Crippen molar-refractivity contribution in [2.75, 3.05) is 39.1 Å². The van der Waals surface area contributed by atoms with Crippen LogP contribution in [0.25, 0.3) is 10.9 Å². The number of thioether (sulfide) groups is 1. The number of nitrogens with two attached hydrogens (primary N) is 1. The molecule has 2 heterocycles. The number of rotatable bonds is 11. The normalized spacial score (nSPS) is 16.6. The third-order valence-corrected chi connectivity index (χ3v) is 8.64. The molecule has 6 nitrogen and oxygen atoms in total. The zero-order valence-electron chi connectivity index (χ0n) is 21.4. The molecule has 0 radical (unpaired) electrons. The fourth-order valence-corrected chi connectivity index (χ4v) is 6.13. The molecule has 1 aliphatic heterocycles. The quantitative estimate of drug-likeness (QED) is 0.296. The van der Waals surface area contributed by atoms with Gasteiger partial charge in [0, 0.05) is 49.2 Å². The summed E-state index contributed by atoms with van der Waals surface area (Å²) in [5, 5.41) is 22.4. The summed E-state index contributed by atoms with van der Waals surface area (Å²) in [6, 6.07) is 6.93. The van der Waals surface area contributed by atoms with Gasteiger partial charge >= 0.3 is 0 Å². The predicted molar refractivity (Wildman–Crippen MR) is 143 cm³/mol. The molecule has 1 unspecified atom stereocenters. The Balaban J connectivity index is 1.35. The van der Waals surface area contributed by atoms with Crippen LogP contribution in [0.5, 0.6) is 5.75 Å². The number of pyridine rings is 1. The highest BCUT2D eigenvalue weighted by Crippen LogP contribution is 2.40. The van der Waals surface area contributed by atoms with Gasteiger partial charge in [-0.05, 0) is 73.5 Å². The fraction of sp³-hybridized carbons (Fsp3) is 0.464. The van der Waals surface area contributed by atoms with Crippen LogP contribution in [0, 0.1) is 22.9 Å². The zero-order chi connectivity index (χ0) is 27.3. The number of aromatic nitrogens is 1. The predicted octanol–water partition coefficient (Wildman–Crippen LogP) is 4.80. The summed E-state index contributed by atoms with van der Waals surface area (Å²) in [5.41, 5.74) is 7.93. The number of benzene rings is 2. The first-order valence-electron chi connectivity index (χ1n) is 12.7. The average molecular weight is 550 g/mol. The second-order valence-electron chi connectivity index (χ2n) is 9.89. The highest BCUT2D eigenvalue weighted by molar-refractivity contribution is 7.99. The topological polar surface area (TPSA) is 91.8 Å². The van der Waals surface area contributed by atoms with Gasteiger partial charge in [0.25, 0.3) is 0 Å². The third kappa shape index (κ3) is 6.43. The molecular weight excluding hydrogens is 515 g/mol. The molecule has 4 rings (SSSR count). The number of aliphatic hydroxyl groups is 2. The first kappa shape index (κ1) is 28.6. The van der Waals surface area contributed by atoms with Crippen molar-refractivity contribution in [3.63, 3.8) is 0 Å². The Hall–Kier alpha value is -2.37. The van der Waals surface area contributed by atoms with Crippen LogP contribution in [0.3, 0.4) is 0 Å². The molecule has 1 atom stereocenters. The van der Waals surface area contributed by atoms with Crippen LogP contribution in [0.2, 0.25) is 0 Å². The molecule has 4 N–H and O–H groups in total. The van der Waals surface area contributed by atoms with E-state index in [0.29, 0.717) is 43.0 Å². The number of piperidine rings is 1. The first-order chi connectivity index (χ1) is 18.3. The molecular formula is C28H34F3N3O3S. The van der Waals surface area contributed by atoms with Crippen LogP contribution in [0.4, 0.5) is 13.2 Å². The number of hydrogen-bond acceptors (Lipinski definition) is 7. The summed E-state index contributed by atoms with van der Waals surface area (Å²) in [7, 11) is 1.59. The average Bonchev–Trinajstić information content (AvgIpc) is 2.92. The highest BCUT2D eigenvalue weighted by Gasteiger charge is 2.34. The van der Waals surface area contributed by atoms with Gasteiger partial charge in [-0.3, -0.25) is 4.98 Å². The van der Waals surface area contributed by atoms with Gasteiger partial charge < -0.3 is 25.6 Å². The Labute approximate surface area is 225 Å². The third-order valence-electron chi connectivity index (χ3n) is 7.57. The van der Waals surface area contributed by atoms with E-state index in [1.54, 1.807) is 13.3 Å². The van der Waals surface area contributed by atoms with Crippen LogP contribution in [0.1, 0.15) is 42.9 Å². The molecule has 0 saturated carbocycles. The van der Waals surface area contributed by atoms with Crippen molar-refractivity contribution in [2.24, 2.45) is 11.1 Å². The second-order valence-corrected chi connectivity index (χ2v) is 11.0. The first-order valence-corrected chi connectivity index (χ1v) is 13.7. The number of nitrogens with zero attached hydrogens (tertiary/aromatic N) is 2. The van der Waals surface area contributed by atoms with Gasteiger partial charge in [-0.25, -0.2) is 13.2 Å². The number of halogens is 3. The van der Waals surface area contributed by atoms with E-state index in [2.05, 4.69) is 9.88 Å². The van der Waals surface area contributed by atoms with Crippen molar-refractivity contribution in [1.29, 1.82) is 0 Å². The fourth-order valence-electron chi connectivity index (χ4n) is 5.19. The van der Waals surface area contributed by atoms with E-state index in [-0.39, 0.29) is 23.5 Å². The minimum absolute atomic E-state index is 0.0168. The maximum atomic E-state index is 13.9. The summed E-state index contributed by atoms with van der Waals surface area (Å²) in [6.45, 7) is 2.35. The van der Waals surface area contributed by atoms with E-state index >= 15 is 0 Å². The molecule has 38 heavy (non-hydrogen) atoms. The minimum atomic E-state index is -0.929. The van der Waals surface area contributed by atoms with E-state index in [9.17, 15) is 23.4 Å². The Morgan fingerprint density at radius 1 is 1.16 bits per heavy atom. The van der Waals surface area contributed by atoms with Crippen molar-refractivity contribution >= 4 is 22.7 Å². The number of hydrogen-bond donors (Lipinski definition) is 3. The van der Waals surface area contributed by atoms with Crippen molar-refractivity contribution in [2.45, 2.75) is 43.2 Å². The van der Waals surface area contributed by atoms with Crippen LogP contribution in [0.15, 0.2) is 41.4 Å². The molecule has 206 valence electrons. The Bertz CT molecular complexity index is 1230. The summed E-state index contributed by atoms with van der Waals surface area (Å²) in [6.07, 6.45) is 3.52. The van der Waals surface area contributed by atoms with Gasteiger partial charge in [-0.2, -0.15) is 0 Å². The van der Waals surface area contributed by atoms with E-state index in [4.69, 9.17) is 10.5 Å². The molecule has 0 bridgehead atoms. The molecule has 1 aromatic heterocycles. The van der Waals surface area contributed by atoms with Gasteiger partial charge in [-0.15, -0.1) is 11.8 Å². The lowest BCUT2D eigenvalue weighted by Crippen LogP contribution is -2.43. The van der Waals surface area contributed by atoms with Crippen LogP contribution >= 0.6 is 11.8 Å². The van der Waals surface area contributed by atoms with Crippen molar-refractivity contribution in [3.8, 4) is 5.75 Å². The smallest absolute Gasteiger partial charge is 0.142 e. The van der Waals surface area contributed by atoms with E-state index in [1.165, 1.54) is 0 Å². The molecule has 10 heteroatoms. The van der Waals surface area contributed by atoms with Crippen LogP contribution < -0.4 is 10.5 Å². The summed E-state index contributed by atoms with van der Waals surface area (Å²) in [4.78, 5) is 6.50. The largest absolute Gasteiger partial charge is 0.497 e. The SMILES string of the molecule is COc1ccc2ncc(CN)c(C(O)CCC3(CO)CCN(CCSc4c(F)cc(F)cc4F)CC3)c2c1. The van der Waals surface area contributed by atoms with E-state index in [1.807, 2.05) is 18.2 Å². The summed E-state index contributed by atoms with van der Waals surface area (Å²) in [5.74, 6) is -1.57. The molecule has 1 fully saturated rings. The molecule has 0 spiro atoms. The van der Waals surface area contributed by atoms with Gasteiger partial charge in [0.15, 0.2) is 0 Å². The molecule has 0 aliphatic carbocycles. The lowest BCUT2D eigenvalue weighted by atomic mass is 9.74. The molecule has 0 amide bonds. The minimum Gasteiger partial charge on any atom is -0.497 e. The second kappa shape index (κ2) is 12.7. The summed E-state index contributed by atoms with van der Waals surface area (Å²) < 4.78 is 46.3. The van der Waals surface area contributed by atoms with Crippen LogP contribution in [-0.2, 0) is 6.54 Å². The molecule has 1 aliphatic rings. The standard InChI is InChI=1S/C28H34F3N3O3S/c1-37-20-2-3-24-21(14-20)26(18(15-32)16-33-24)25(36)4-5-28(17-35)6-8-34(9-7-28)10-11-38-27-22(30)12-19(29)13-23(27)31/h2-3,12-14,16,25,35-36H,4-11,15,17,32H2,1H3. The number of methoxy groups -OCH3 is 1. The molecule has 2 aromatic carbocycles. The Morgan fingerprint density at radius 3 is 2.50 bits per heavy atom. The number of aliphatic hydroxyl groups excluding tert-OH is 2.